The van der Waals surface area contributed by atoms with Gasteiger partial charge >= 0.3 is 0 Å². The third kappa shape index (κ3) is 1.35. The number of nitrogens with one attached hydrogen (secondary N) is 1. The maximum absolute atomic E-state index is 4.62. The van der Waals surface area contributed by atoms with Gasteiger partial charge in [-0.25, -0.2) is 4.98 Å². The Labute approximate surface area is 97.5 Å². The lowest BCUT2D eigenvalue weighted by molar-refractivity contribution is 1.09. The maximum atomic E-state index is 4.62. The van der Waals surface area contributed by atoms with Crippen molar-refractivity contribution in [3.8, 4) is 0 Å². The number of benzene rings is 1. The van der Waals surface area contributed by atoms with Crippen LogP contribution in [0.1, 0.15) is 12.8 Å². The van der Waals surface area contributed by atoms with Gasteiger partial charge in [0.15, 0.2) is 5.82 Å². The van der Waals surface area contributed by atoms with E-state index in [2.05, 4.69) is 20.5 Å². The third-order valence-electron chi connectivity index (χ3n) is 3.05. The van der Waals surface area contributed by atoms with Crippen LogP contribution in [0.3, 0.4) is 0 Å². The highest BCUT2D eigenvalue weighted by Crippen LogP contribution is 2.27. The minimum absolute atomic E-state index is 0.559. The Morgan fingerprint density at radius 2 is 2.12 bits per heavy atom. The molecule has 0 unspecified atom stereocenters. The summed E-state index contributed by atoms with van der Waals surface area (Å²) in [6.45, 7) is 0. The van der Waals surface area contributed by atoms with Crippen molar-refractivity contribution in [3.63, 3.8) is 0 Å². The summed E-state index contributed by atoms with van der Waals surface area (Å²) in [6.07, 6.45) is 4.17. The molecule has 84 valence electrons. The largest absolute Gasteiger partial charge is 0.364 e. The molecule has 5 heteroatoms. The summed E-state index contributed by atoms with van der Waals surface area (Å²) in [5, 5.41) is 11.5. The maximum Gasteiger partial charge on any atom is 0.203 e. The lowest BCUT2D eigenvalue weighted by Crippen LogP contribution is -2.06. The Balaban J connectivity index is 2.05. The number of hydrogen-bond acceptors (Lipinski definition) is 4. The van der Waals surface area contributed by atoms with E-state index in [9.17, 15) is 0 Å². The molecule has 0 aliphatic heterocycles. The molecule has 3 aromatic rings. The van der Waals surface area contributed by atoms with Gasteiger partial charge in [0.1, 0.15) is 6.33 Å². The lowest BCUT2D eigenvalue weighted by Gasteiger charge is -2.07. The zero-order valence-corrected chi connectivity index (χ0v) is 9.17. The van der Waals surface area contributed by atoms with Crippen LogP contribution in [0.5, 0.6) is 0 Å². The highest BCUT2D eigenvalue weighted by Gasteiger charge is 2.23. The van der Waals surface area contributed by atoms with E-state index in [1.54, 1.807) is 6.33 Å². The average molecular weight is 225 g/mol. The van der Waals surface area contributed by atoms with Crippen molar-refractivity contribution in [1.82, 2.24) is 19.6 Å². The molecule has 1 aliphatic carbocycles. The number of aromatic nitrogens is 4. The standard InChI is InChI=1S/C12H11N5/c1-2-4-10-9(3-1)15-11(14-8-5-6-8)12-16-13-7-17(10)12/h1-4,7-8H,5-6H2,(H,14,15). The van der Waals surface area contributed by atoms with Crippen LogP contribution >= 0.6 is 0 Å². The van der Waals surface area contributed by atoms with Crippen molar-refractivity contribution in [3.05, 3.63) is 30.6 Å². The van der Waals surface area contributed by atoms with Gasteiger partial charge in [0.25, 0.3) is 0 Å². The Hall–Kier alpha value is -2.17. The molecule has 17 heavy (non-hydrogen) atoms. The van der Waals surface area contributed by atoms with Crippen molar-refractivity contribution in [1.29, 1.82) is 0 Å². The van der Waals surface area contributed by atoms with Crippen LogP contribution in [0, 0.1) is 0 Å². The van der Waals surface area contributed by atoms with Crippen molar-refractivity contribution in [2.75, 3.05) is 5.32 Å². The minimum atomic E-state index is 0.559. The molecule has 2 heterocycles. The van der Waals surface area contributed by atoms with Crippen LogP contribution in [-0.2, 0) is 0 Å². The molecule has 5 nitrogen and oxygen atoms in total. The highest BCUT2D eigenvalue weighted by atomic mass is 15.3. The van der Waals surface area contributed by atoms with E-state index in [1.807, 2.05) is 28.7 Å². The van der Waals surface area contributed by atoms with Crippen LogP contribution in [0.4, 0.5) is 5.82 Å². The fraction of sp³-hybridized carbons (Fsp3) is 0.250. The predicted molar refractivity (Wildman–Crippen MR) is 64.9 cm³/mol. The molecule has 1 N–H and O–H groups in total. The Bertz CT molecular complexity index is 698. The molecule has 0 amide bonds. The van der Waals surface area contributed by atoms with Crippen LogP contribution < -0.4 is 5.32 Å². The second-order valence-corrected chi connectivity index (χ2v) is 4.39. The summed E-state index contributed by atoms with van der Waals surface area (Å²) in [6, 6.07) is 8.58. The molecule has 1 aromatic carbocycles. The lowest BCUT2D eigenvalue weighted by atomic mass is 10.3. The molecule has 4 rings (SSSR count). The second-order valence-electron chi connectivity index (χ2n) is 4.39. The van der Waals surface area contributed by atoms with E-state index in [1.165, 1.54) is 12.8 Å². The fourth-order valence-corrected chi connectivity index (χ4v) is 2.02. The van der Waals surface area contributed by atoms with E-state index in [4.69, 9.17) is 0 Å². The number of fused-ring (bicyclic) bond motifs is 3. The first-order chi connectivity index (χ1) is 8.42. The van der Waals surface area contributed by atoms with Crippen LogP contribution in [0.25, 0.3) is 16.7 Å². The van der Waals surface area contributed by atoms with Crippen LogP contribution in [0.2, 0.25) is 0 Å². The van der Waals surface area contributed by atoms with Gasteiger partial charge in [-0.05, 0) is 25.0 Å². The van der Waals surface area contributed by atoms with E-state index in [0.717, 1.165) is 22.5 Å². The minimum Gasteiger partial charge on any atom is -0.364 e. The van der Waals surface area contributed by atoms with E-state index in [-0.39, 0.29) is 0 Å². The molecule has 0 bridgehead atoms. The van der Waals surface area contributed by atoms with Crippen molar-refractivity contribution < 1.29 is 0 Å². The van der Waals surface area contributed by atoms with Crippen molar-refractivity contribution in [2.24, 2.45) is 0 Å². The van der Waals surface area contributed by atoms with Gasteiger partial charge < -0.3 is 5.32 Å². The summed E-state index contributed by atoms with van der Waals surface area (Å²) in [7, 11) is 0. The van der Waals surface area contributed by atoms with Gasteiger partial charge in [-0.15, -0.1) is 10.2 Å². The first-order valence-electron chi connectivity index (χ1n) is 5.77. The monoisotopic (exact) mass is 225 g/mol. The Kier molecular flexibility index (Phi) is 1.66. The fourth-order valence-electron chi connectivity index (χ4n) is 2.02. The molecule has 2 aromatic heterocycles. The van der Waals surface area contributed by atoms with E-state index >= 15 is 0 Å². The van der Waals surface area contributed by atoms with Gasteiger partial charge in [0.2, 0.25) is 5.65 Å². The summed E-state index contributed by atoms with van der Waals surface area (Å²) in [4.78, 5) is 4.62. The number of hydrogen-bond donors (Lipinski definition) is 1. The second kappa shape index (κ2) is 3.16. The number of nitrogens with zero attached hydrogens (tertiary/aromatic N) is 4. The zero-order valence-electron chi connectivity index (χ0n) is 9.17. The molecule has 1 saturated carbocycles. The number of para-hydroxylation sites is 2. The summed E-state index contributed by atoms with van der Waals surface area (Å²) < 4.78 is 1.98. The van der Waals surface area contributed by atoms with Crippen LogP contribution in [-0.4, -0.2) is 25.6 Å². The van der Waals surface area contributed by atoms with Crippen LogP contribution in [0.15, 0.2) is 30.6 Å². The topological polar surface area (TPSA) is 55.1 Å². The molecule has 1 aliphatic rings. The third-order valence-corrected chi connectivity index (χ3v) is 3.05. The van der Waals surface area contributed by atoms with Gasteiger partial charge in [-0.1, -0.05) is 12.1 Å². The molecular weight excluding hydrogens is 214 g/mol. The van der Waals surface area contributed by atoms with Crippen molar-refractivity contribution >= 4 is 22.5 Å². The quantitative estimate of drug-likeness (QED) is 0.723. The van der Waals surface area contributed by atoms with E-state index in [0.29, 0.717) is 6.04 Å². The molecular formula is C12H11N5. The van der Waals surface area contributed by atoms with Gasteiger partial charge in [0, 0.05) is 6.04 Å². The highest BCUT2D eigenvalue weighted by molar-refractivity contribution is 5.82. The number of rotatable bonds is 2. The average Bonchev–Trinajstić information content (AvgIpc) is 3.03. The summed E-state index contributed by atoms with van der Waals surface area (Å²) in [5.41, 5.74) is 2.80. The predicted octanol–water partition coefficient (Wildman–Crippen LogP) is 1.85. The Morgan fingerprint density at radius 3 is 3.00 bits per heavy atom. The zero-order chi connectivity index (χ0) is 11.2. The Morgan fingerprint density at radius 1 is 1.24 bits per heavy atom. The SMILES string of the molecule is c1ccc2c(c1)nc(NC1CC1)c1nncn12. The van der Waals surface area contributed by atoms with Crippen molar-refractivity contribution in [2.45, 2.75) is 18.9 Å². The molecule has 0 atom stereocenters. The molecule has 1 fully saturated rings. The summed E-state index contributed by atoms with van der Waals surface area (Å²) in [5.74, 6) is 0.837. The molecule has 0 spiro atoms. The smallest absolute Gasteiger partial charge is 0.203 e. The van der Waals surface area contributed by atoms with E-state index < -0.39 is 0 Å². The molecule has 0 radical (unpaired) electrons. The molecule has 0 saturated heterocycles. The first kappa shape index (κ1) is 8.92. The van der Waals surface area contributed by atoms with Gasteiger partial charge in [0.05, 0.1) is 11.0 Å². The number of anilines is 1. The normalized spacial score (nSPS) is 15.5. The van der Waals surface area contributed by atoms with Gasteiger partial charge in [-0.3, -0.25) is 4.40 Å². The van der Waals surface area contributed by atoms with Gasteiger partial charge in [-0.2, -0.15) is 0 Å². The first-order valence-corrected chi connectivity index (χ1v) is 5.77. The summed E-state index contributed by atoms with van der Waals surface area (Å²) >= 11 is 0.